The normalized spacial score (nSPS) is 10.9. The van der Waals surface area contributed by atoms with Crippen molar-refractivity contribution >= 4 is 39.8 Å². The topological polar surface area (TPSA) is 106 Å². The fourth-order valence-electron chi connectivity index (χ4n) is 2.00. The summed E-state index contributed by atoms with van der Waals surface area (Å²) in [4.78, 5) is 11.5. The van der Waals surface area contributed by atoms with E-state index in [9.17, 15) is 13.2 Å². The van der Waals surface area contributed by atoms with Crippen LogP contribution in [-0.4, -0.2) is 25.1 Å². The Morgan fingerprint density at radius 1 is 1.35 bits per heavy atom. The monoisotopic (exact) mass is 375 g/mol. The van der Waals surface area contributed by atoms with Gasteiger partial charge in [0.15, 0.2) is 9.84 Å². The third-order valence-electron chi connectivity index (χ3n) is 3.05. The summed E-state index contributed by atoms with van der Waals surface area (Å²) in [6.45, 7) is 0.197. The highest BCUT2D eigenvalue weighted by Gasteiger charge is 2.10. The molecule has 1 amide bonds. The first-order valence-corrected chi connectivity index (χ1v) is 8.49. The van der Waals surface area contributed by atoms with Crippen molar-refractivity contribution in [2.24, 2.45) is 5.73 Å². The fourth-order valence-corrected chi connectivity index (χ4v) is 2.91. The van der Waals surface area contributed by atoms with Crippen LogP contribution in [-0.2, 0) is 16.4 Å². The second kappa shape index (κ2) is 7.16. The van der Waals surface area contributed by atoms with E-state index in [2.05, 4.69) is 0 Å². The first-order chi connectivity index (χ1) is 10.2. The highest BCUT2D eigenvalue weighted by molar-refractivity contribution is 7.90. The lowest BCUT2D eigenvalue weighted by Gasteiger charge is -2.11. The summed E-state index contributed by atoms with van der Waals surface area (Å²) in [7, 11) is -3.31. The molecule has 2 rings (SSSR count). The molecule has 9 heteroatoms. The number of halogens is 2. The minimum atomic E-state index is -3.31. The molecule has 0 aliphatic carbocycles. The van der Waals surface area contributed by atoms with Gasteiger partial charge in [0.05, 0.1) is 15.5 Å². The average Bonchev–Trinajstić information content (AvgIpc) is 2.41. The molecule has 0 fully saturated rings. The molecule has 0 atom stereocenters. The van der Waals surface area contributed by atoms with E-state index >= 15 is 0 Å². The lowest BCUT2D eigenvalue weighted by Crippen LogP contribution is -2.29. The summed E-state index contributed by atoms with van der Waals surface area (Å²) in [6, 6.07) is 7.70. The lowest BCUT2D eigenvalue weighted by molar-refractivity contribution is 0.0997. The standard InChI is InChI=1S/C14H14ClN3O3S.ClH/c1-22(20,21)11-4-2-3-9(5-11)7-18-8-10(15)6-12(13(18)16)14(17)19;/h2-6,8,16H,7H2,1H3,(H2,17,19);1H. The Bertz CT molecular complexity index is 908. The first kappa shape index (κ1) is 19.2. The van der Waals surface area contributed by atoms with Gasteiger partial charge in [0, 0.05) is 19.0 Å². The molecule has 0 spiro atoms. The minimum absolute atomic E-state index is 0. The van der Waals surface area contributed by atoms with Crippen LogP contribution in [0.4, 0.5) is 0 Å². The number of carbonyl (C=O) groups is 1. The van der Waals surface area contributed by atoms with Crippen molar-refractivity contribution in [2.45, 2.75) is 11.4 Å². The molecule has 6 nitrogen and oxygen atoms in total. The molecule has 0 saturated heterocycles. The maximum atomic E-state index is 11.6. The van der Waals surface area contributed by atoms with Crippen LogP contribution >= 0.6 is 24.0 Å². The zero-order valence-corrected chi connectivity index (χ0v) is 14.5. The zero-order chi connectivity index (χ0) is 16.5. The number of nitrogens with zero attached hydrogens (tertiary/aromatic N) is 1. The van der Waals surface area contributed by atoms with Gasteiger partial charge in [-0.15, -0.1) is 12.4 Å². The van der Waals surface area contributed by atoms with Gasteiger partial charge in [0.2, 0.25) is 0 Å². The number of nitrogens with one attached hydrogen (secondary N) is 1. The third kappa shape index (κ3) is 4.57. The Morgan fingerprint density at radius 2 is 2.00 bits per heavy atom. The van der Waals surface area contributed by atoms with E-state index in [-0.39, 0.29) is 39.9 Å². The van der Waals surface area contributed by atoms with Gasteiger partial charge in [0.25, 0.3) is 5.91 Å². The van der Waals surface area contributed by atoms with Crippen molar-refractivity contribution in [1.82, 2.24) is 4.57 Å². The Labute approximate surface area is 144 Å². The molecule has 0 bridgehead atoms. The van der Waals surface area contributed by atoms with Crippen molar-refractivity contribution in [3.05, 3.63) is 58.2 Å². The fraction of sp³-hybridized carbons (Fsp3) is 0.143. The molecule has 3 N–H and O–H groups in total. The van der Waals surface area contributed by atoms with E-state index in [1.54, 1.807) is 12.1 Å². The van der Waals surface area contributed by atoms with Crippen molar-refractivity contribution in [2.75, 3.05) is 6.26 Å². The average molecular weight is 376 g/mol. The number of benzene rings is 1. The molecule has 0 radical (unpaired) electrons. The number of carbonyl (C=O) groups excluding carboxylic acids is 1. The summed E-state index contributed by atoms with van der Waals surface area (Å²) in [5, 5.41) is 8.25. The van der Waals surface area contributed by atoms with E-state index in [0.717, 1.165) is 6.26 Å². The van der Waals surface area contributed by atoms with Gasteiger partial charge in [0.1, 0.15) is 5.49 Å². The second-order valence-electron chi connectivity index (χ2n) is 4.83. The third-order valence-corrected chi connectivity index (χ3v) is 4.37. The van der Waals surface area contributed by atoms with Gasteiger partial charge in [-0.25, -0.2) is 8.42 Å². The van der Waals surface area contributed by atoms with Crippen LogP contribution < -0.4 is 11.2 Å². The van der Waals surface area contributed by atoms with Gasteiger partial charge in [-0.3, -0.25) is 10.2 Å². The molecule has 1 heterocycles. The van der Waals surface area contributed by atoms with Crippen LogP contribution in [0.1, 0.15) is 15.9 Å². The van der Waals surface area contributed by atoms with Crippen LogP contribution in [0.15, 0.2) is 41.4 Å². The van der Waals surface area contributed by atoms with Crippen LogP contribution in [0.5, 0.6) is 0 Å². The number of aromatic nitrogens is 1. The number of hydrogen-bond acceptors (Lipinski definition) is 4. The largest absolute Gasteiger partial charge is 0.365 e. The van der Waals surface area contributed by atoms with Crippen molar-refractivity contribution in [1.29, 1.82) is 5.41 Å². The number of amides is 1. The van der Waals surface area contributed by atoms with E-state index in [1.165, 1.54) is 29.0 Å². The van der Waals surface area contributed by atoms with E-state index < -0.39 is 15.7 Å². The lowest BCUT2D eigenvalue weighted by atomic mass is 10.2. The maximum Gasteiger partial charge on any atom is 0.252 e. The molecule has 124 valence electrons. The molecule has 2 aromatic rings. The van der Waals surface area contributed by atoms with Gasteiger partial charge in [-0.05, 0) is 23.8 Å². The number of rotatable bonds is 4. The SMILES string of the molecule is CS(=O)(=O)c1cccc(Cn2cc(Cl)cc(C(N)=O)c2=N)c1.Cl. The van der Waals surface area contributed by atoms with Crippen molar-refractivity contribution in [3.8, 4) is 0 Å². The number of pyridine rings is 1. The Morgan fingerprint density at radius 3 is 2.57 bits per heavy atom. The maximum absolute atomic E-state index is 11.6. The molecular weight excluding hydrogens is 361 g/mol. The molecular formula is C14H15Cl2N3O3S. The number of primary amides is 1. The predicted molar refractivity (Wildman–Crippen MR) is 89.7 cm³/mol. The Kier molecular flexibility index (Phi) is 5.98. The van der Waals surface area contributed by atoms with Gasteiger partial charge >= 0.3 is 0 Å². The molecule has 23 heavy (non-hydrogen) atoms. The van der Waals surface area contributed by atoms with E-state index in [1.807, 2.05) is 0 Å². The summed E-state index contributed by atoms with van der Waals surface area (Å²) in [6.07, 6.45) is 2.61. The summed E-state index contributed by atoms with van der Waals surface area (Å²) in [5.41, 5.74) is 5.81. The quantitative estimate of drug-likeness (QED) is 0.846. The van der Waals surface area contributed by atoms with Crippen LogP contribution in [0.2, 0.25) is 5.02 Å². The number of nitrogens with two attached hydrogens (primary N) is 1. The first-order valence-electron chi connectivity index (χ1n) is 6.22. The van der Waals surface area contributed by atoms with Gasteiger partial charge in [-0.2, -0.15) is 0 Å². The smallest absolute Gasteiger partial charge is 0.252 e. The number of sulfone groups is 1. The molecule has 1 aromatic carbocycles. The van der Waals surface area contributed by atoms with Crippen molar-refractivity contribution < 1.29 is 13.2 Å². The molecule has 0 aliphatic heterocycles. The summed E-state index contributed by atoms with van der Waals surface area (Å²) >= 11 is 5.93. The molecule has 0 saturated carbocycles. The van der Waals surface area contributed by atoms with Crippen LogP contribution in [0.25, 0.3) is 0 Å². The van der Waals surface area contributed by atoms with E-state index in [4.69, 9.17) is 22.7 Å². The van der Waals surface area contributed by atoms with E-state index in [0.29, 0.717) is 5.56 Å². The van der Waals surface area contributed by atoms with Gasteiger partial charge in [-0.1, -0.05) is 23.7 Å². The second-order valence-corrected chi connectivity index (χ2v) is 7.28. The Hall–Kier alpha value is -1.83. The van der Waals surface area contributed by atoms with Gasteiger partial charge < -0.3 is 10.3 Å². The highest BCUT2D eigenvalue weighted by atomic mass is 35.5. The highest BCUT2D eigenvalue weighted by Crippen LogP contribution is 2.13. The number of hydrogen-bond donors (Lipinski definition) is 2. The minimum Gasteiger partial charge on any atom is -0.365 e. The molecule has 0 unspecified atom stereocenters. The van der Waals surface area contributed by atoms with Crippen molar-refractivity contribution in [3.63, 3.8) is 0 Å². The molecule has 0 aliphatic rings. The molecule has 1 aromatic heterocycles. The summed E-state index contributed by atoms with van der Waals surface area (Å²) in [5.74, 6) is -0.744. The van der Waals surface area contributed by atoms with Crippen LogP contribution in [0, 0.1) is 5.41 Å². The van der Waals surface area contributed by atoms with Crippen LogP contribution in [0.3, 0.4) is 0 Å². The predicted octanol–water partition coefficient (Wildman–Crippen LogP) is 1.59. The zero-order valence-electron chi connectivity index (χ0n) is 12.1. The Balaban J connectivity index is 0.00000264. The summed E-state index contributed by atoms with van der Waals surface area (Å²) < 4.78 is 24.6.